The fourth-order valence-electron chi connectivity index (χ4n) is 4.25. The van der Waals surface area contributed by atoms with E-state index in [2.05, 4.69) is 9.88 Å². The summed E-state index contributed by atoms with van der Waals surface area (Å²) in [4.78, 5) is 17.8. The van der Waals surface area contributed by atoms with E-state index in [4.69, 9.17) is 23.9 Å². The first-order valence-electron chi connectivity index (χ1n) is 11.7. The van der Waals surface area contributed by atoms with Crippen LogP contribution in [0, 0.1) is 13.8 Å². The Bertz CT molecular complexity index is 1330. The number of rotatable bonds is 10. The van der Waals surface area contributed by atoms with Gasteiger partial charge in [-0.05, 0) is 49.2 Å². The molecule has 0 fully saturated rings. The van der Waals surface area contributed by atoms with Crippen molar-refractivity contribution in [1.82, 2.24) is 14.9 Å². The lowest BCUT2D eigenvalue weighted by molar-refractivity contribution is 0.0948. The molecule has 4 rings (SSSR count). The maximum atomic E-state index is 13.0. The monoisotopic (exact) mass is 489 g/mol. The van der Waals surface area contributed by atoms with Gasteiger partial charge in [0.25, 0.3) is 5.91 Å². The van der Waals surface area contributed by atoms with Gasteiger partial charge in [-0.2, -0.15) is 0 Å². The molecule has 0 aliphatic carbocycles. The number of fused-ring (bicyclic) bond motifs is 1. The highest BCUT2D eigenvalue weighted by Crippen LogP contribution is 2.38. The molecule has 1 amide bonds. The predicted molar refractivity (Wildman–Crippen MR) is 138 cm³/mol. The minimum absolute atomic E-state index is 0.244. The van der Waals surface area contributed by atoms with Crippen LogP contribution in [0.3, 0.4) is 0 Å². The zero-order chi connectivity index (χ0) is 25.7. The molecule has 0 saturated carbocycles. The average molecular weight is 490 g/mol. The third kappa shape index (κ3) is 5.07. The number of nitrogens with zero attached hydrogens (tertiary/aromatic N) is 2. The highest BCUT2D eigenvalue weighted by atomic mass is 16.5. The van der Waals surface area contributed by atoms with Crippen LogP contribution in [0.4, 0.5) is 0 Å². The van der Waals surface area contributed by atoms with Crippen LogP contribution in [0.5, 0.6) is 23.0 Å². The van der Waals surface area contributed by atoms with Crippen LogP contribution in [0.1, 0.15) is 27.3 Å². The summed E-state index contributed by atoms with van der Waals surface area (Å²) in [6, 6.07) is 17.3. The average Bonchev–Trinajstić information content (AvgIpc) is 3.25. The fraction of sp³-hybridized carbons (Fsp3) is 0.286. The first kappa shape index (κ1) is 24.9. The molecular formula is C28H31N3O5. The molecule has 1 heterocycles. The van der Waals surface area contributed by atoms with E-state index < -0.39 is 0 Å². The number of methoxy groups -OCH3 is 3. The number of hydrogen-bond acceptors (Lipinski definition) is 6. The Hall–Kier alpha value is -4.20. The Kier molecular flexibility index (Phi) is 7.63. The van der Waals surface area contributed by atoms with Gasteiger partial charge in [0.1, 0.15) is 18.2 Å². The van der Waals surface area contributed by atoms with E-state index in [-0.39, 0.29) is 12.5 Å². The van der Waals surface area contributed by atoms with Crippen LogP contribution in [0.15, 0.2) is 54.6 Å². The van der Waals surface area contributed by atoms with Crippen molar-refractivity contribution in [3.63, 3.8) is 0 Å². The molecule has 0 atom stereocenters. The number of nitrogens with one attached hydrogen (secondary N) is 1. The van der Waals surface area contributed by atoms with Gasteiger partial charge in [0, 0.05) is 5.56 Å². The molecule has 1 N–H and O–H groups in total. The van der Waals surface area contributed by atoms with E-state index in [1.165, 1.54) is 21.3 Å². The van der Waals surface area contributed by atoms with Gasteiger partial charge in [-0.1, -0.05) is 30.3 Å². The Morgan fingerprint density at radius 3 is 2.19 bits per heavy atom. The van der Waals surface area contributed by atoms with Gasteiger partial charge in [-0.3, -0.25) is 4.79 Å². The first-order valence-corrected chi connectivity index (χ1v) is 11.7. The topological polar surface area (TPSA) is 83.8 Å². The van der Waals surface area contributed by atoms with Crippen molar-refractivity contribution in [2.45, 2.75) is 26.9 Å². The van der Waals surface area contributed by atoms with Gasteiger partial charge in [0.05, 0.1) is 45.5 Å². The van der Waals surface area contributed by atoms with E-state index in [0.29, 0.717) is 36.0 Å². The number of imidazole rings is 1. The Morgan fingerprint density at radius 2 is 1.56 bits per heavy atom. The van der Waals surface area contributed by atoms with Crippen molar-refractivity contribution in [3.05, 3.63) is 77.1 Å². The lowest BCUT2D eigenvalue weighted by atomic mass is 10.1. The van der Waals surface area contributed by atoms with E-state index >= 15 is 0 Å². The second kappa shape index (κ2) is 11.0. The quantitative estimate of drug-likeness (QED) is 0.348. The number of amides is 1. The number of benzene rings is 3. The van der Waals surface area contributed by atoms with Gasteiger partial charge < -0.3 is 28.8 Å². The Balaban J connectivity index is 1.53. The van der Waals surface area contributed by atoms with E-state index in [1.807, 2.05) is 56.3 Å². The highest BCUT2D eigenvalue weighted by molar-refractivity contribution is 5.95. The SMILES string of the molecule is COc1cc(C(=O)NCc2nc3ccccc3n2CCOc2c(C)cccc2C)cc(OC)c1OC. The van der Waals surface area contributed by atoms with Gasteiger partial charge in [-0.15, -0.1) is 0 Å². The van der Waals surface area contributed by atoms with Crippen molar-refractivity contribution in [2.75, 3.05) is 27.9 Å². The van der Waals surface area contributed by atoms with Gasteiger partial charge in [0.15, 0.2) is 11.5 Å². The number of ether oxygens (including phenoxy) is 4. The molecule has 8 heteroatoms. The zero-order valence-electron chi connectivity index (χ0n) is 21.3. The summed E-state index contributed by atoms with van der Waals surface area (Å²) in [5, 5.41) is 2.97. The summed E-state index contributed by atoms with van der Waals surface area (Å²) in [5.74, 6) is 2.62. The third-order valence-corrected chi connectivity index (χ3v) is 6.04. The van der Waals surface area contributed by atoms with E-state index in [9.17, 15) is 4.79 Å². The van der Waals surface area contributed by atoms with Crippen LogP contribution >= 0.6 is 0 Å². The molecule has 0 spiro atoms. The molecule has 3 aromatic carbocycles. The second-order valence-corrected chi connectivity index (χ2v) is 8.33. The number of para-hydroxylation sites is 3. The smallest absolute Gasteiger partial charge is 0.251 e. The van der Waals surface area contributed by atoms with Crippen molar-refractivity contribution in [1.29, 1.82) is 0 Å². The number of carbonyl (C=O) groups excluding carboxylic acids is 1. The largest absolute Gasteiger partial charge is 0.493 e. The lowest BCUT2D eigenvalue weighted by Crippen LogP contribution is -2.25. The summed E-state index contributed by atoms with van der Waals surface area (Å²) in [6.45, 7) is 5.38. The molecule has 0 aliphatic heterocycles. The molecule has 36 heavy (non-hydrogen) atoms. The molecule has 1 aromatic heterocycles. The summed E-state index contributed by atoms with van der Waals surface area (Å²) in [7, 11) is 4.55. The van der Waals surface area contributed by atoms with Crippen molar-refractivity contribution in [2.24, 2.45) is 0 Å². The van der Waals surface area contributed by atoms with Gasteiger partial charge >= 0.3 is 0 Å². The number of aromatic nitrogens is 2. The standard InChI is InChI=1S/C28H31N3O5/c1-18-9-8-10-19(2)26(18)36-14-13-31-22-12-7-6-11-21(22)30-25(31)17-29-28(32)20-15-23(33-3)27(35-5)24(16-20)34-4/h6-12,15-16H,13-14,17H2,1-5H3,(H,29,32). The molecule has 8 nitrogen and oxygen atoms in total. The summed E-state index contributed by atoms with van der Waals surface area (Å²) in [5.41, 5.74) is 4.44. The van der Waals surface area contributed by atoms with Crippen LogP contribution in [0.2, 0.25) is 0 Å². The first-order chi connectivity index (χ1) is 17.5. The summed E-state index contributed by atoms with van der Waals surface area (Å²) in [6.07, 6.45) is 0. The molecule has 0 unspecified atom stereocenters. The zero-order valence-corrected chi connectivity index (χ0v) is 21.3. The Labute approximate surface area is 210 Å². The number of carbonyl (C=O) groups is 1. The van der Waals surface area contributed by atoms with Crippen LogP contribution < -0.4 is 24.3 Å². The second-order valence-electron chi connectivity index (χ2n) is 8.33. The molecular weight excluding hydrogens is 458 g/mol. The maximum Gasteiger partial charge on any atom is 0.251 e. The van der Waals surface area contributed by atoms with Crippen LogP contribution in [-0.4, -0.2) is 43.4 Å². The molecule has 188 valence electrons. The van der Waals surface area contributed by atoms with Crippen LogP contribution in [0.25, 0.3) is 11.0 Å². The van der Waals surface area contributed by atoms with E-state index in [0.717, 1.165) is 33.7 Å². The van der Waals surface area contributed by atoms with E-state index in [1.54, 1.807) is 12.1 Å². The third-order valence-electron chi connectivity index (χ3n) is 6.04. The van der Waals surface area contributed by atoms with Crippen molar-refractivity contribution >= 4 is 16.9 Å². The van der Waals surface area contributed by atoms with Gasteiger partial charge in [0.2, 0.25) is 5.75 Å². The Morgan fingerprint density at radius 1 is 0.889 bits per heavy atom. The molecule has 4 aromatic rings. The molecule has 0 bridgehead atoms. The predicted octanol–water partition coefficient (Wildman–Crippen LogP) is 4.69. The minimum Gasteiger partial charge on any atom is -0.493 e. The fourth-order valence-corrected chi connectivity index (χ4v) is 4.25. The summed E-state index contributed by atoms with van der Waals surface area (Å²) >= 11 is 0. The molecule has 0 saturated heterocycles. The normalized spacial score (nSPS) is 10.8. The maximum absolute atomic E-state index is 13.0. The molecule has 0 radical (unpaired) electrons. The lowest BCUT2D eigenvalue weighted by Gasteiger charge is -2.15. The van der Waals surface area contributed by atoms with Crippen LogP contribution in [-0.2, 0) is 13.1 Å². The van der Waals surface area contributed by atoms with Crippen molar-refractivity contribution < 1.29 is 23.7 Å². The number of aryl methyl sites for hydroxylation is 2. The van der Waals surface area contributed by atoms with Gasteiger partial charge in [-0.25, -0.2) is 4.98 Å². The summed E-state index contributed by atoms with van der Waals surface area (Å²) < 4.78 is 24.3. The molecule has 0 aliphatic rings. The number of hydrogen-bond donors (Lipinski definition) is 1. The minimum atomic E-state index is -0.278. The van der Waals surface area contributed by atoms with Crippen molar-refractivity contribution in [3.8, 4) is 23.0 Å². The highest BCUT2D eigenvalue weighted by Gasteiger charge is 2.18.